The van der Waals surface area contributed by atoms with Crippen LogP contribution in [0.25, 0.3) is 0 Å². The summed E-state index contributed by atoms with van der Waals surface area (Å²) in [6.45, 7) is 8.35. The molecule has 0 saturated carbocycles. The van der Waals surface area contributed by atoms with Crippen LogP contribution in [0.5, 0.6) is 5.75 Å². The summed E-state index contributed by atoms with van der Waals surface area (Å²) in [4.78, 5) is 0.205. The van der Waals surface area contributed by atoms with Crippen molar-refractivity contribution in [1.29, 1.82) is 0 Å². The average molecular weight is 343 g/mol. The lowest BCUT2D eigenvalue weighted by atomic mass is 10.0. The standard InChI is InChI=1S/C17H29NO4S/c1-5-7-10-22-17-9-8-15(11-16(17)13(3)4)23(20,21)18-14(6-2)12-19/h8-9,11,13-14,18-19H,5-7,10,12H2,1-4H3. The Hall–Kier alpha value is -1.11. The van der Waals surface area contributed by atoms with E-state index in [0.717, 1.165) is 24.2 Å². The van der Waals surface area contributed by atoms with E-state index in [-0.39, 0.29) is 17.4 Å². The molecule has 1 unspecified atom stereocenters. The molecular weight excluding hydrogens is 314 g/mol. The lowest BCUT2D eigenvalue weighted by Gasteiger charge is -2.18. The number of nitrogens with one attached hydrogen (secondary N) is 1. The SMILES string of the molecule is CCCCOc1ccc(S(=O)(=O)NC(CC)CO)cc1C(C)C. The largest absolute Gasteiger partial charge is 0.493 e. The summed E-state index contributed by atoms with van der Waals surface area (Å²) in [5.74, 6) is 0.892. The van der Waals surface area contributed by atoms with E-state index in [1.54, 1.807) is 18.2 Å². The zero-order chi connectivity index (χ0) is 17.5. The first kappa shape index (κ1) is 19.9. The highest BCUT2D eigenvalue weighted by atomic mass is 32.2. The number of aliphatic hydroxyl groups is 1. The first-order chi connectivity index (χ1) is 10.9. The van der Waals surface area contributed by atoms with Crippen LogP contribution in [0.4, 0.5) is 0 Å². The van der Waals surface area contributed by atoms with Crippen molar-refractivity contribution in [3.05, 3.63) is 23.8 Å². The molecule has 0 aliphatic heterocycles. The third kappa shape index (κ3) is 5.79. The second-order valence-corrected chi connectivity index (χ2v) is 7.68. The minimum atomic E-state index is -3.65. The van der Waals surface area contributed by atoms with Crippen LogP contribution in [0, 0.1) is 0 Å². The van der Waals surface area contributed by atoms with Gasteiger partial charge in [0.05, 0.1) is 18.1 Å². The molecule has 5 nitrogen and oxygen atoms in total. The van der Waals surface area contributed by atoms with Gasteiger partial charge < -0.3 is 9.84 Å². The summed E-state index contributed by atoms with van der Waals surface area (Å²) in [6, 6.07) is 4.47. The molecule has 0 radical (unpaired) electrons. The molecule has 0 aromatic heterocycles. The van der Waals surface area contributed by atoms with Crippen LogP contribution in [0.3, 0.4) is 0 Å². The molecule has 0 aliphatic rings. The molecule has 0 bridgehead atoms. The predicted octanol–water partition coefficient (Wildman–Crippen LogP) is 3.04. The van der Waals surface area contributed by atoms with Crippen molar-refractivity contribution in [2.24, 2.45) is 0 Å². The van der Waals surface area contributed by atoms with Crippen molar-refractivity contribution in [2.75, 3.05) is 13.2 Å². The van der Waals surface area contributed by atoms with Crippen LogP contribution in [0.15, 0.2) is 23.1 Å². The number of unbranched alkanes of at least 4 members (excludes halogenated alkanes) is 1. The maximum absolute atomic E-state index is 12.4. The quantitative estimate of drug-likeness (QED) is 0.640. The summed E-state index contributed by atoms with van der Waals surface area (Å²) in [5, 5.41) is 9.20. The first-order valence-corrected chi connectivity index (χ1v) is 9.73. The maximum atomic E-state index is 12.4. The summed E-state index contributed by atoms with van der Waals surface area (Å²) >= 11 is 0. The maximum Gasteiger partial charge on any atom is 0.240 e. The van der Waals surface area contributed by atoms with E-state index in [1.165, 1.54) is 0 Å². The van der Waals surface area contributed by atoms with E-state index in [4.69, 9.17) is 4.74 Å². The van der Waals surface area contributed by atoms with Gasteiger partial charge in [0.2, 0.25) is 10.0 Å². The molecule has 132 valence electrons. The van der Waals surface area contributed by atoms with Gasteiger partial charge in [-0.2, -0.15) is 0 Å². The molecule has 6 heteroatoms. The number of hydrogen-bond acceptors (Lipinski definition) is 4. The average Bonchev–Trinajstić information content (AvgIpc) is 2.52. The highest BCUT2D eigenvalue weighted by Gasteiger charge is 2.21. The van der Waals surface area contributed by atoms with Crippen molar-refractivity contribution in [3.63, 3.8) is 0 Å². The van der Waals surface area contributed by atoms with E-state index in [0.29, 0.717) is 13.0 Å². The number of benzene rings is 1. The first-order valence-electron chi connectivity index (χ1n) is 8.25. The number of rotatable bonds is 10. The van der Waals surface area contributed by atoms with Crippen molar-refractivity contribution in [3.8, 4) is 5.75 Å². The van der Waals surface area contributed by atoms with Gasteiger partial charge in [0.15, 0.2) is 0 Å². The highest BCUT2D eigenvalue weighted by molar-refractivity contribution is 7.89. The Kier molecular flexibility index (Phi) is 8.02. The van der Waals surface area contributed by atoms with E-state index in [1.807, 2.05) is 20.8 Å². The zero-order valence-electron chi connectivity index (χ0n) is 14.5. The summed E-state index contributed by atoms with van der Waals surface area (Å²) < 4.78 is 33.2. The van der Waals surface area contributed by atoms with E-state index in [9.17, 15) is 13.5 Å². The number of aliphatic hydroxyl groups excluding tert-OH is 1. The molecule has 0 saturated heterocycles. The van der Waals surface area contributed by atoms with Gasteiger partial charge in [-0.05, 0) is 42.5 Å². The van der Waals surface area contributed by atoms with Gasteiger partial charge in [-0.3, -0.25) is 0 Å². The Morgan fingerprint density at radius 1 is 1.26 bits per heavy atom. The zero-order valence-corrected chi connectivity index (χ0v) is 15.3. The van der Waals surface area contributed by atoms with Gasteiger partial charge in [-0.25, -0.2) is 13.1 Å². The van der Waals surface area contributed by atoms with E-state index in [2.05, 4.69) is 11.6 Å². The minimum Gasteiger partial charge on any atom is -0.493 e. The highest BCUT2D eigenvalue weighted by Crippen LogP contribution is 2.29. The summed E-state index contributed by atoms with van der Waals surface area (Å²) in [5.41, 5.74) is 0.876. The van der Waals surface area contributed by atoms with Crippen molar-refractivity contribution in [2.45, 2.75) is 63.8 Å². The molecule has 0 fully saturated rings. The number of ether oxygens (including phenoxy) is 1. The van der Waals surface area contributed by atoms with Crippen LogP contribution in [0.1, 0.15) is 58.4 Å². The van der Waals surface area contributed by atoms with Crippen LogP contribution >= 0.6 is 0 Å². The van der Waals surface area contributed by atoms with Gasteiger partial charge >= 0.3 is 0 Å². The molecule has 1 aromatic carbocycles. The van der Waals surface area contributed by atoms with E-state index < -0.39 is 16.1 Å². The third-order valence-corrected chi connectivity index (χ3v) is 5.22. The second kappa shape index (κ2) is 9.25. The van der Waals surface area contributed by atoms with Crippen LogP contribution < -0.4 is 9.46 Å². The van der Waals surface area contributed by atoms with Crippen LogP contribution in [-0.4, -0.2) is 32.8 Å². The fourth-order valence-corrected chi connectivity index (χ4v) is 3.49. The molecule has 2 N–H and O–H groups in total. The van der Waals surface area contributed by atoms with Gasteiger partial charge in [0, 0.05) is 6.04 Å². The molecule has 1 rings (SSSR count). The fourth-order valence-electron chi connectivity index (χ4n) is 2.14. The Morgan fingerprint density at radius 2 is 1.96 bits per heavy atom. The third-order valence-electron chi connectivity index (χ3n) is 3.70. The summed E-state index contributed by atoms with van der Waals surface area (Å²) in [7, 11) is -3.65. The van der Waals surface area contributed by atoms with Crippen LogP contribution in [-0.2, 0) is 10.0 Å². The molecule has 0 aliphatic carbocycles. The Balaban J connectivity index is 3.07. The lowest BCUT2D eigenvalue weighted by Crippen LogP contribution is -2.36. The topological polar surface area (TPSA) is 75.6 Å². The predicted molar refractivity (Wildman–Crippen MR) is 92.4 cm³/mol. The van der Waals surface area contributed by atoms with Gasteiger partial charge in [0.1, 0.15) is 5.75 Å². The number of hydrogen-bond donors (Lipinski definition) is 2. The minimum absolute atomic E-state index is 0.154. The van der Waals surface area contributed by atoms with Gasteiger partial charge in [-0.15, -0.1) is 0 Å². The molecule has 23 heavy (non-hydrogen) atoms. The fraction of sp³-hybridized carbons (Fsp3) is 0.647. The molecule has 0 spiro atoms. The molecule has 0 amide bonds. The van der Waals surface area contributed by atoms with Crippen molar-refractivity contribution >= 4 is 10.0 Å². The molecule has 0 heterocycles. The van der Waals surface area contributed by atoms with Crippen molar-refractivity contribution < 1.29 is 18.3 Å². The van der Waals surface area contributed by atoms with Gasteiger partial charge in [0.25, 0.3) is 0 Å². The Labute approximate surface area is 140 Å². The van der Waals surface area contributed by atoms with E-state index >= 15 is 0 Å². The van der Waals surface area contributed by atoms with Crippen molar-refractivity contribution in [1.82, 2.24) is 4.72 Å². The van der Waals surface area contributed by atoms with Crippen LogP contribution in [0.2, 0.25) is 0 Å². The molecule has 1 aromatic rings. The molecule has 1 atom stereocenters. The number of sulfonamides is 1. The normalized spacial score (nSPS) is 13.3. The Morgan fingerprint density at radius 3 is 2.48 bits per heavy atom. The Bertz CT molecular complexity index is 580. The lowest BCUT2D eigenvalue weighted by molar-refractivity contribution is 0.254. The van der Waals surface area contributed by atoms with Gasteiger partial charge in [-0.1, -0.05) is 34.1 Å². The smallest absolute Gasteiger partial charge is 0.240 e. The monoisotopic (exact) mass is 343 g/mol. The second-order valence-electron chi connectivity index (χ2n) is 5.97. The molecular formula is C17H29NO4S. The summed E-state index contributed by atoms with van der Waals surface area (Å²) in [6.07, 6.45) is 2.55.